The molecule has 1 heterocycles. The molecular weight excluding hydrogens is 206 g/mol. The van der Waals surface area contributed by atoms with Crippen LogP contribution in [-0.4, -0.2) is 22.1 Å². The maximum atomic E-state index is 10.3. The Morgan fingerprint density at radius 3 is 2.93 bits per heavy atom. The molecule has 1 fully saturated rings. The summed E-state index contributed by atoms with van der Waals surface area (Å²) in [6, 6.07) is 0.204. The summed E-state index contributed by atoms with van der Waals surface area (Å²) in [7, 11) is 0. The van der Waals surface area contributed by atoms with Crippen LogP contribution in [0.2, 0.25) is 0 Å². The van der Waals surface area contributed by atoms with E-state index in [0.717, 1.165) is 24.2 Å². The zero-order valence-electron chi connectivity index (χ0n) is 7.25. The minimum absolute atomic E-state index is 0.00335. The number of hydrogen-bond acceptors (Lipinski definition) is 6. The van der Waals surface area contributed by atoms with E-state index in [4.69, 9.17) is 10.5 Å². The summed E-state index contributed by atoms with van der Waals surface area (Å²) >= 11 is 0.947. The Hall–Kier alpha value is -1.21. The van der Waals surface area contributed by atoms with Gasteiger partial charge in [-0.05, 0) is 24.2 Å². The molecule has 0 saturated heterocycles. The summed E-state index contributed by atoms with van der Waals surface area (Å²) in [4.78, 5) is 13.7. The second-order valence-electron chi connectivity index (χ2n) is 3.19. The molecule has 6 nitrogen and oxygen atoms in total. The predicted molar refractivity (Wildman–Crippen MR) is 50.4 cm³/mol. The maximum Gasteiger partial charge on any atom is 0.347 e. The third kappa shape index (κ3) is 1.83. The first kappa shape index (κ1) is 9.35. The smallest absolute Gasteiger partial charge is 0.347 e. The van der Waals surface area contributed by atoms with Crippen LogP contribution in [0.15, 0.2) is 6.20 Å². The Bertz CT molecular complexity index is 348. The lowest BCUT2D eigenvalue weighted by Gasteiger charge is -2.31. The second kappa shape index (κ2) is 3.50. The number of ether oxygens (including phenoxy) is 1. The lowest BCUT2D eigenvalue weighted by Crippen LogP contribution is -2.43. The number of nitrogens with two attached hydrogens (primary N) is 1. The lowest BCUT2D eigenvalue weighted by molar-refractivity contribution is -0.380. The molecule has 1 saturated carbocycles. The van der Waals surface area contributed by atoms with Gasteiger partial charge in [0.15, 0.2) is 0 Å². The second-order valence-corrected chi connectivity index (χ2v) is 4.16. The molecule has 1 aliphatic rings. The van der Waals surface area contributed by atoms with Gasteiger partial charge in [0.05, 0.1) is 4.92 Å². The van der Waals surface area contributed by atoms with Crippen molar-refractivity contribution in [1.82, 2.24) is 4.98 Å². The average Bonchev–Trinajstić information content (AvgIpc) is 2.50. The fourth-order valence-electron chi connectivity index (χ4n) is 1.23. The number of hydrogen-bond donors (Lipinski definition) is 1. The van der Waals surface area contributed by atoms with Crippen molar-refractivity contribution in [2.24, 2.45) is 5.73 Å². The predicted octanol–water partition coefficient (Wildman–Crippen LogP) is 0.920. The molecule has 14 heavy (non-hydrogen) atoms. The first-order valence-corrected chi connectivity index (χ1v) is 4.99. The molecule has 0 bridgehead atoms. The van der Waals surface area contributed by atoms with E-state index in [1.807, 2.05) is 0 Å². The quantitative estimate of drug-likeness (QED) is 0.598. The molecule has 1 aromatic rings. The van der Waals surface area contributed by atoms with E-state index in [2.05, 4.69) is 4.98 Å². The van der Waals surface area contributed by atoms with Gasteiger partial charge in [0, 0.05) is 6.04 Å². The Morgan fingerprint density at radius 2 is 2.43 bits per heavy atom. The van der Waals surface area contributed by atoms with Crippen molar-refractivity contribution >= 4 is 16.3 Å². The standard InChI is InChI=1S/C7H9N3O3S/c8-4-1-5(2-4)13-7-9-3-6(14-7)10(11)12/h3-5H,1-2,8H2. The molecule has 2 N–H and O–H groups in total. The molecule has 0 unspecified atom stereocenters. The van der Waals surface area contributed by atoms with Crippen molar-refractivity contribution in [2.75, 3.05) is 0 Å². The van der Waals surface area contributed by atoms with Gasteiger partial charge in [-0.15, -0.1) is 0 Å². The van der Waals surface area contributed by atoms with Crippen molar-refractivity contribution in [3.05, 3.63) is 16.3 Å². The molecule has 1 aromatic heterocycles. The van der Waals surface area contributed by atoms with Gasteiger partial charge in [-0.3, -0.25) is 10.1 Å². The number of rotatable bonds is 3. The lowest BCUT2D eigenvalue weighted by atomic mass is 9.90. The van der Waals surface area contributed by atoms with Crippen molar-refractivity contribution in [2.45, 2.75) is 25.0 Å². The molecule has 0 spiro atoms. The molecule has 1 aliphatic carbocycles. The molecule has 0 aliphatic heterocycles. The molecule has 0 aromatic carbocycles. The van der Waals surface area contributed by atoms with Gasteiger partial charge >= 0.3 is 5.00 Å². The molecule has 2 rings (SSSR count). The fourth-order valence-corrected chi connectivity index (χ4v) is 1.88. The van der Waals surface area contributed by atoms with Crippen LogP contribution in [-0.2, 0) is 0 Å². The average molecular weight is 215 g/mol. The number of thiazole rings is 1. The highest BCUT2D eigenvalue weighted by Crippen LogP contribution is 2.31. The summed E-state index contributed by atoms with van der Waals surface area (Å²) in [6.07, 6.45) is 2.88. The highest BCUT2D eigenvalue weighted by atomic mass is 32.1. The number of nitro groups is 1. The summed E-state index contributed by atoms with van der Waals surface area (Å²) in [5.41, 5.74) is 5.57. The van der Waals surface area contributed by atoms with Crippen LogP contribution >= 0.6 is 11.3 Å². The van der Waals surface area contributed by atoms with E-state index >= 15 is 0 Å². The van der Waals surface area contributed by atoms with E-state index in [0.29, 0.717) is 5.19 Å². The maximum absolute atomic E-state index is 10.3. The van der Waals surface area contributed by atoms with Crippen LogP contribution in [0.1, 0.15) is 12.8 Å². The highest BCUT2D eigenvalue weighted by Gasteiger charge is 2.29. The molecule has 7 heteroatoms. The molecule has 0 atom stereocenters. The first-order valence-electron chi connectivity index (χ1n) is 4.17. The fraction of sp³-hybridized carbons (Fsp3) is 0.571. The van der Waals surface area contributed by atoms with E-state index < -0.39 is 4.92 Å². The monoisotopic (exact) mass is 215 g/mol. The van der Waals surface area contributed by atoms with Gasteiger partial charge in [0.2, 0.25) is 0 Å². The Morgan fingerprint density at radius 1 is 1.71 bits per heavy atom. The van der Waals surface area contributed by atoms with Gasteiger partial charge in [0.1, 0.15) is 12.3 Å². The van der Waals surface area contributed by atoms with E-state index in [9.17, 15) is 10.1 Å². The largest absolute Gasteiger partial charge is 0.466 e. The van der Waals surface area contributed by atoms with Crippen LogP contribution in [0.5, 0.6) is 5.19 Å². The number of nitrogens with zero attached hydrogens (tertiary/aromatic N) is 2. The summed E-state index contributed by atoms with van der Waals surface area (Å²) < 4.78 is 5.37. The Labute approximate surface area is 83.9 Å². The van der Waals surface area contributed by atoms with Crippen LogP contribution in [0.25, 0.3) is 0 Å². The molecule has 76 valence electrons. The summed E-state index contributed by atoms with van der Waals surface area (Å²) in [6.45, 7) is 0. The number of aromatic nitrogens is 1. The molecule has 0 amide bonds. The minimum atomic E-state index is -0.475. The molecule has 0 radical (unpaired) electrons. The van der Waals surface area contributed by atoms with Gasteiger partial charge in [-0.25, -0.2) is 4.98 Å². The van der Waals surface area contributed by atoms with Crippen LogP contribution in [0.4, 0.5) is 5.00 Å². The Kier molecular flexibility index (Phi) is 2.34. The van der Waals surface area contributed by atoms with E-state index in [1.54, 1.807) is 0 Å². The first-order chi connectivity index (χ1) is 6.65. The summed E-state index contributed by atoms with van der Waals surface area (Å²) in [5.74, 6) is 0. The topological polar surface area (TPSA) is 91.3 Å². The van der Waals surface area contributed by atoms with Crippen LogP contribution < -0.4 is 10.5 Å². The Balaban J connectivity index is 1.93. The summed E-state index contributed by atoms with van der Waals surface area (Å²) in [5, 5.41) is 10.7. The van der Waals surface area contributed by atoms with Crippen molar-refractivity contribution in [3.8, 4) is 5.19 Å². The minimum Gasteiger partial charge on any atom is -0.466 e. The van der Waals surface area contributed by atoms with Crippen molar-refractivity contribution < 1.29 is 9.66 Å². The van der Waals surface area contributed by atoms with Crippen molar-refractivity contribution in [3.63, 3.8) is 0 Å². The SMILES string of the molecule is NC1CC(Oc2ncc([N+](=O)[O-])s2)C1. The van der Waals surface area contributed by atoms with Gasteiger partial charge in [-0.2, -0.15) is 0 Å². The highest BCUT2D eigenvalue weighted by molar-refractivity contribution is 7.16. The van der Waals surface area contributed by atoms with Crippen molar-refractivity contribution in [1.29, 1.82) is 0 Å². The van der Waals surface area contributed by atoms with Crippen LogP contribution in [0.3, 0.4) is 0 Å². The third-order valence-electron chi connectivity index (χ3n) is 2.05. The van der Waals surface area contributed by atoms with E-state index in [1.165, 1.54) is 6.20 Å². The van der Waals surface area contributed by atoms with E-state index in [-0.39, 0.29) is 17.1 Å². The van der Waals surface area contributed by atoms with Gasteiger partial charge in [0.25, 0.3) is 5.19 Å². The third-order valence-corrected chi connectivity index (χ3v) is 2.89. The van der Waals surface area contributed by atoms with Gasteiger partial charge < -0.3 is 10.5 Å². The van der Waals surface area contributed by atoms with Gasteiger partial charge in [-0.1, -0.05) is 0 Å². The van der Waals surface area contributed by atoms with Crippen LogP contribution in [0, 0.1) is 10.1 Å². The zero-order valence-corrected chi connectivity index (χ0v) is 8.07. The zero-order chi connectivity index (χ0) is 10.1. The normalized spacial score (nSPS) is 25.5. The molecular formula is C7H9N3O3S.